The molecule has 4 heterocycles. The van der Waals surface area contributed by atoms with Crippen molar-refractivity contribution in [1.29, 1.82) is 0 Å². The quantitative estimate of drug-likeness (QED) is 0.229. The Balaban J connectivity index is 1.12. The van der Waals surface area contributed by atoms with Gasteiger partial charge in [-0.2, -0.15) is 0 Å². The minimum atomic E-state index is -4.83. The first-order chi connectivity index (χ1) is 20.6. The molecule has 2 saturated heterocycles. The maximum absolute atomic E-state index is 13.1. The van der Waals surface area contributed by atoms with Crippen LogP contribution in [0.4, 0.5) is 18.9 Å². The van der Waals surface area contributed by atoms with Gasteiger partial charge >= 0.3 is 12.3 Å². The summed E-state index contributed by atoms with van der Waals surface area (Å²) in [6, 6.07) is 14.3. The van der Waals surface area contributed by atoms with Crippen LogP contribution in [0.3, 0.4) is 0 Å². The maximum Gasteiger partial charge on any atom is 0.573 e. The Morgan fingerprint density at radius 2 is 1.91 bits per heavy atom. The van der Waals surface area contributed by atoms with Crippen molar-refractivity contribution in [2.24, 2.45) is 13.0 Å². The van der Waals surface area contributed by atoms with Crippen molar-refractivity contribution in [3.8, 4) is 17.0 Å². The van der Waals surface area contributed by atoms with Crippen molar-refractivity contribution < 1.29 is 37.1 Å². The number of aromatic carboxylic acids is 1. The SMILES string of the molecule is C[C@@H]1CC2CC(OCc3c(-c4ccccc4OC(F)(F)F)noc3C3CC3)CC1N2c1ccc2c(c1)cc(C(=O)O)n2C. The first kappa shape index (κ1) is 27.8. The molecule has 0 radical (unpaired) electrons. The van der Waals surface area contributed by atoms with Gasteiger partial charge in [0, 0.05) is 52.8 Å². The summed E-state index contributed by atoms with van der Waals surface area (Å²) in [4.78, 5) is 14.1. The van der Waals surface area contributed by atoms with Gasteiger partial charge in [-0.05, 0) is 74.4 Å². The smallest absolute Gasteiger partial charge is 0.477 e. The van der Waals surface area contributed by atoms with Gasteiger partial charge in [0.15, 0.2) is 0 Å². The van der Waals surface area contributed by atoms with E-state index in [1.807, 2.05) is 6.07 Å². The van der Waals surface area contributed by atoms with E-state index >= 15 is 0 Å². The number of alkyl halides is 3. The lowest BCUT2D eigenvalue weighted by atomic mass is 9.96. The molecule has 226 valence electrons. The summed E-state index contributed by atoms with van der Waals surface area (Å²) in [5.74, 6) is 0.0480. The number of anilines is 1. The zero-order valence-corrected chi connectivity index (χ0v) is 23.8. The van der Waals surface area contributed by atoms with Crippen molar-refractivity contribution in [1.82, 2.24) is 9.72 Å². The van der Waals surface area contributed by atoms with Gasteiger partial charge in [-0.15, -0.1) is 13.2 Å². The zero-order valence-electron chi connectivity index (χ0n) is 23.8. The third kappa shape index (κ3) is 5.13. The number of hydrogen-bond donors (Lipinski definition) is 1. The molecule has 1 aliphatic carbocycles. The number of carboxylic acids is 1. The molecule has 2 aliphatic heterocycles. The molecule has 4 aromatic rings. The Morgan fingerprint density at radius 3 is 2.63 bits per heavy atom. The number of aryl methyl sites for hydroxylation is 1. The molecule has 43 heavy (non-hydrogen) atoms. The monoisotopic (exact) mass is 595 g/mol. The van der Waals surface area contributed by atoms with Crippen molar-refractivity contribution >= 4 is 22.6 Å². The van der Waals surface area contributed by atoms with Crippen molar-refractivity contribution in [2.45, 2.75) is 76.1 Å². The summed E-state index contributed by atoms with van der Waals surface area (Å²) < 4.78 is 57.7. The Kier molecular flexibility index (Phi) is 6.68. The molecular formula is C32H32F3N3O5. The zero-order chi connectivity index (χ0) is 30.0. The second kappa shape index (κ2) is 10.3. The topological polar surface area (TPSA) is 90.0 Å². The number of carbonyl (C=O) groups is 1. The van der Waals surface area contributed by atoms with Crippen molar-refractivity contribution in [3.63, 3.8) is 0 Å². The lowest BCUT2D eigenvalue weighted by Crippen LogP contribution is -2.46. The number of hydrogen-bond acceptors (Lipinski definition) is 6. The van der Waals surface area contributed by atoms with Crippen molar-refractivity contribution in [3.05, 3.63) is 65.5 Å². The minimum absolute atomic E-state index is 0.0354. The van der Waals surface area contributed by atoms with Crippen LogP contribution in [0.1, 0.15) is 66.8 Å². The van der Waals surface area contributed by atoms with E-state index in [-0.39, 0.29) is 47.7 Å². The second-order valence-electron chi connectivity index (χ2n) is 12.1. The molecule has 3 unspecified atom stereocenters. The Morgan fingerprint density at radius 1 is 1.12 bits per heavy atom. The number of ether oxygens (including phenoxy) is 2. The molecule has 2 bridgehead atoms. The van der Waals surface area contributed by atoms with Crippen LogP contribution >= 0.6 is 0 Å². The lowest BCUT2D eigenvalue weighted by Gasteiger charge is -2.41. The normalized spacial score (nSPS) is 23.7. The average molecular weight is 596 g/mol. The van der Waals surface area contributed by atoms with E-state index in [9.17, 15) is 23.1 Å². The molecule has 3 fully saturated rings. The third-order valence-electron chi connectivity index (χ3n) is 9.23. The minimum Gasteiger partial charge on any atom is -0.477 e. The number of halogens is 3. The van der Waals surface area contributed by atoms with Crippen LogP contribution < -0.4 is 9.64 Å². The van der Waals surface area contributed by atoms with Crippen LogP contribution in [0.15, 0.2) is 53.1 Å². The molecule has 2 aromatic carbocycles. The number of benzene rings is 2. The average Bonchev–Trinajstić information content (AvgIpc) is 3.57. The summed E-state index contributed by atoms with van der Waals surface area (Å²) in [6.45, 7) is 2.45. The fourth-order valence-electron chi connectivity index (χ4n) is 7.13. The Bertz CT molecular complexity index is 1690. The van der Waals surface area contributed by atoms with E-state index in [4.69, 9.17) is 9.26 Å². The number of aromatic nitrogens is 2. The molecule has 7 rings (SSSR count). The van der Waals surface area contributed by atoms with Gasteiger partial charge in [-0.3, -0.25) is 0 Å². The molecule has 0 spiro atoms. The molecule has 3 aliphatic rings. The van der Waals surface area contributed by atoms with E-state index in [0.29, 0.717) is 22.9 Å². The van der Waals surface area contributed by atoms with Crippen LogP contribution in [-0.2, 0) is 18.4 Å². The highest BCUT2D eigenvalue weighted by Gasteiger charge is 2.46. The number of piperidine rings is 1. The highest BCUT2D eigenvalue weighted by atomic mass is 19.4. The molecule has 1 saturated carbocycles. The van der Waals surface area contributed by atoms with Crippen molar-refractivity contribution in [2.75, 3.05) is 4.90 Å². The largest absolute Gasteiger partial charge is 0.573 e. The fourth-order valence-corrected chi connectivity index (χ4v) is 7.13. The predicted molar refractivity (Wildman–Crippen MR) is 152 cm³/mol. The predicted octanol–water partition coefficient (Wildman–Crippen LogP) is 7.27. The highest BCUT2D eigenvalue weighted by Crippen LogP contribution is 2.47. The lowest BCUT2D eigenvalue weighted by molar-refractivity contribution is -0.274. The Labute approximate surface area is 246 Å². The fraction of sp³-hybridized carbons (Fsp3) is 0.438. The van der Waals surface area contributed by atoms with Crippen LogP contribution in [0.2, 0.25) is 0 Å². The molecule has 8 nitrogen and oxygen atoms in total. The van der Waals surface area contributed by atoms with Gasteiger partial charge in [0.25, 0.3) is 0 Å². The summed E-state index contributed by atoms with van der Waals surface area (Å²) in [6.07, 6.45) is -0.342. The summed E-state index contributed by atoms with van der Waals surface area (Å²) in [5, 5.41) is 14.6. The molecule has 2 aromatic heterocycles. The van der Waals surface area contributed by atoms with Crippen LogP contribution in [0.25, 0.3) is 22.2 Å². The first-order valence-electron chi connectivity index (χ1n) is 14.6. The van der Waals surface area contributed by atoms with E-state index in [0.717, 1.165) is 48.7 Å². The van der Waals surface area contributed by atoms with Crippen LogP contribution in [0, 0.1) is 5.92 Å². The summed E-state index contributed by atoms with van der Waals surface area (Å²) >= 11 is 0. The van der Waals surface area contributed by atoms with Gasteiger partial charge in [-0.1, -0.05) is 24.2 Å². The van der Waals surface area contributed by atoms with Gasteiger partial charge in [0.2, 0.25) is 0 Å². The molecular weight excluding hydrogens is 563 g/mol. The van der Waals surface area contributed by atoms with Gasteiger partial charge in [0.1, 0.15) is 22.9 Å². The number of nitrogens with zero attached hydrogens (tertiary/aromatic N) is 3. The standard InChI is InChI=1S/C32H32F3N3O5/c1-17-11-21-14-22(15-26(17)38(21)20-9-10-25-19(12-20)13-27(31(39)40)37(25)2)41-16-24-29(36-43-30(24)18-7-8-18)23-5-3-4-6-28(23)42-32(33,34)35/h3-6,9-10,12-13,17-18,21-22,26H,7-8,11,14-16H2,1-2H3,(H,39,40)/t17-,21?,22?,26?/m1/s1. The van der Waals surface area contributed by atoms with E-state index in [1.165, 1.54) is 12.1 Å². The molecule has 0 amide bonds. The third-order valence-corrected chi connectivity index (χ3v) is 9.23. The Hall–Kier alpha value is -3.99. The molecule has 4 atom stereocenters. The van der Waals surface area contributed by atoms with Gasteiger partial charge in [-0.25, -0.2) is 4.79 Å². The van der Waals surface area contributed by atoms with Crippen LogP contribution in [0.5, 0.6) is 5.75 Å². The van der Waals surface area contributed by atoms with E-state index in [1.54, 1.807) is 29.8 Å². The van der Waals surface area contributed by atoms with Gasteiger partial charge < -0.3 is 28.6 Å². The number of fused-ring (bicyclic) bond motifs is 3. The molecule has 1 N–H and O–H groups in total. The highest BCUT2D eigenvalue weighted by molar-refractivity contribution is 5.95. The number of carboxylic acid groups (broad SMARTS) is 1. The second-order valence-corrected chi connectivity index (χ2v) is 12.1. The van der Waals surface area contributed by atoms with E-state index < -0.39 is 12.3 Å². The van der Waals surface area contributed by atoms with Gasteiger partial charge in [0.05, 0.1) is 12.7 Å². The van der Waals surface area contributed by atoms with Crippen LogP contribution in [-0.4, -0.2) is 45.3 Å². The number of rotatable bonds is 8. The van der Waals surface area contributed by atoms with E-state index in [2.05, 4.69) is 33.8 Å². The molecule has 11 heteroatoms. The maximum atomic E-state index is 13.1. The summed E-state index contributed by atoms with van der Waals surface area (Å²) in [7, 11) is 1.76. The number of para-hydroxylation sites is 1. The first-order valence-corrected chi connectivity index (χ1v) is 14.6. The summed E-state index contributed by atoms with van der Waals surface area (Å²) in [5.41, 5.74) is 3.44.